The van der Waals surface area contributed by atoms with E-state index in [1.807, 2.05) is 0 Å². The van der Waals surface area contributed by atoms with Crippen LogP contribution in [0.2, 0.25) is 0 Å². The first-order valence-corrected chi connectivity index (χ1v) is 17.9. The number of esters is 6. The maximum atomic E-state index is 13.5. The number of rotatable bonds is 15. The summed E-state index contributed by atoms with van der Waals surface area (Å²) in [7, 11) is 0. The molecule has 1 aromatic rings. The molecule has 0 bridgehead atoms. The van der Waals surface area contributed by atoms with Gasteiger partial charge >= 0.3 is 41.5 Å². The van der Waals surface area contributed by atoms with E-state index in [9.17, 15) is 47.9 Å². The Morgan fingerprint density at radius 2 is 1.19 bits per heavy atom. The molecule has 326 valence electrons. The van der Waals surface area contributed by atoms with Crippen LogP contribution in [0.1, 0.15) is 68.5 Å². The molecule has 3 heterocycles. The van der Waals surface area contributed by atoms with Gasteiger partial charge in [-0.2, -0.15) is 4.98 Å². The van der Waals surface area contributed by atoms with Crippen molar-refractivity contribution in [2.75, 3.05) is 18.5 Å². The molecule has 3 rings (SSSR count). The van der Waals surface area contributed by atoms with Gasteiger partial charge in [-0.15, -0.1) is 0 Å². The number of carbonyl (C=O) groups excluding carboxylic acids is 9. The standard InChI is InChI=1S/C35H47N5O19/c1-14(41)36-25-10-11-40(35(50)39-25)33-32(56-22(9)49)30(54-20(7)47)26(37-15(2)42)29(59-33)24(13-52-18(5)45)58-34-31(55-21(8)48)27(38-16(3)43)28(53-19(6)46)23(57-34)12-51-17(4)44/h10-11,23-24,26-34H,12-13H2,1-9H3,(H,37,42)(H,38,43)(H,36,39,41,50)/t23-,24?,26-,27+,28-,29-,30+,31-,32-,33-,34+/m1/s1. The second kappa shape index (κ2) is 21.1. The zero-order chi connectivity index (χ0) is 44.3. The lowest BCUT2D eigenvalue weighted by atomic mass is 9.90. The summed E-state index contributed by atoms with van der Waals surface area (Å²) < 4.78 is 52.4. The molecule has 1 unspecified atom stereocenters. The molecule has 3 N–H and O–H groups in total. The number of nitrogens with zero attached hydrogens (tertiary/aromatic N) is 2. The highest BCUT2D eigenvalue weighted by atomic mass is 16.7. The Labute approximate surface area is 336 Å². The van der Waals surface area contributed by atoms with Crippen molar-refractivity contribution in [3.8, 4) is 0 Å². The molecule has 0 aromatic carbocycles. The minimum Gasteiger partial charge on any atom is -0.463 e. The van der Waals surface area contributed by atoms with E-state index in [1.165, 1.54) is 13.0 Å². The lowest BCUT2D eigenvalue weighted by Crippen LogP contribution is -2.70. The van der Waals surface area contributed by atoms with Gasteiger partial charge in [0.15, 0.2) is 36.9 Å². The smallest absolute Gasteiger partial charge is 0.351 e. The second-order valence-corrected chi connectivity index (χ2v) is 13.2. The van der Waals surface area contributed by atoms with Gasteiger partial charge in [0.05, 0.1) is 6.04 Å². The Hall–Kier alpha value is -6.01. The predicted octanol–water partition coefficient (Wildman–Crippen LogP) is -1.93. The van der Waals surface area contributed by atoms with Gasteiger partial charge in [0, 0.05) is 68.5 Å². The van der Waals surface area contributed by atoms with Crippen LogP contribution >= 0.6 is 0 Å². The summed E-state index contributed by atoms with van der Waals surface area (Å²) in [6.45, 7) is 8.15. The molecule has 0 aliphatic carbocycles. The van der Waals surface area contributed by atoms with Gasteiger partial charge in [0.1, 0.15) is 43.4 Å². The molecule has 24 heteroatoms. The topological polar surface area (TPSA) is 308 Å². The van der Waals surface area contributed by atoms with E-state index in [-0.39, 0.29) is 5.82 Å². The number of amides is 3. The fourth-order valence-corrected chi connectivity index (χ4v) is 6.33. The molecule has 0 radical (unpaired) electrons. The monoisotopic (exact) mass is 841 g/mol. The van der Waals surface area contributed by atoms with Crippen molar-refractivity contribution in [2.45, 2.75) is 130 Å². The zero-order valence-corrected chi connectivity index (χ0v) is 33.6. The predicted molar refractivity (Wildman–Crippen MR) is 191 cm³/mol. The number of nitrogens with one attached hydrogen (secondary N) is 3. The van der Waals surface area contributed by atoms with Crippen LogP contribution in [-0.4, -0.2) is 137 Å². The highest BCUT2D eigenvalue weighted by Crippen LogP contribution is 2.36. The fourth-order valence-electron chi connectivity index (χ4n) is 6.33. The summed E-state index contributed by atoms with van der Waals surface area (Å²) in [6.07, 6.45) is -14.0. The molecule has 59 heavy (non-hydrogen) atoms. The molecule has 0 saturated carbocycles. The summed E-state index contributed by atoms with van der Waals surface area (Å²) in [5.41, 5.74) is -1.08. The van der Waals surface area contributed by atoms with Gasteiger partial charge in [0.2, 0.25) is 17.7 Å². The number of hydrogen-bond acceptors (Lipinski definition) is 20. The van der Waals surface area contributed by atoms with Crippen LogP contribution in [-0.2, 0) is 85.8 Å². The van der Waals surface area contributed by atoms with E-state index < -0.39 is 140 Å². The molecule has 3 amide bonds. The first kappa shape index (κ1) is 47.4. The average molecular weight is 842 g/mol. The van der Waals surface area contributed by atoms with Crippen molar-refractivity contribution in [1.29, 1.82) is 0 Å². The van der Waals surface area contributed by atoms with Crippen molar-refractivity contribution in [1.82, 2.24) is 20.2 Å². The molecule has 2 saturated heterocycles. The van der Waals surface area contributed by atoms with E-state index in [0.29, 0.717) is 0 Å². The fraction of sp³-hybridized carbons (Fsp3) is 0.629. The van der Waals surface area contributed by atoms with Crippen molar-refractivity contribution in [3.05, 3.63) is 22.7 Å². The van der Waals surface area contributed by atoms with Crippen LogP contribution in [0.4, 0.5) is 5.82 Å². The number of ether oxygens (including phenoxy) is 9. The molecule has 11 atom stereocenters. The molecule has 2 aliphatic rings. The second-order valence-electron chi connectivity index (χ2n) is 13.2. The lowest BCUT2D eigenvalue weighted by Gasteiger charge is -2.49. The summed E-state index contributed by atoms with van der Waals surface area (Å²) in [4.78, 5) is 129. The Bertz CT molecular complexity index is 1840. The molecule has 24 nitrogen and oxygen atoms in total. The van der Waals surface area contributed by atoms with Crippen LogP contribution in [0.5, 0.6) is 0 Å². The number of anilines is 1. The minimum atomic E-state index is -1.86. The Kier molecular flexibility index (Phi) is 17.0. The van der Waals surface area contributed by atoms with Gasteiger partial charge in [-0.1, -0.05) is 0 Å². The minimum absolute atomic E-state index is 0.172. The zero-order valence-electron chi connectivity index (χ0n) is 33.6. The summed E-state index contributed by atoms with van der Waals surface area (Å²) in [5.74, 6) is -7.58. The van der Waals surface area contributed by atoms with Crippen molar-refractivity contribution in [3.63, 3.8) is 0 Å². The highest BCUT2D eigenvalue weighted by molar-refractivity contribution is 5.87. The van der Waals surface area contributed by atoms with Crippen molar-refractivity contribution >= 4 is 59.4 Å². The average Bonchev–Trinajstić information content (AvgIpc) is 3.08. The van der Waals surface area contributed by atoms with Gasteiger partial charge in [-0.3, -0.25) is 47.7 Å². The Morgan fingerprint density at radius 3 is 1.69 bits per heavy atom. The van der Waals surface area contributed by atoms with Crippen LogP contribution in [0.25, 0.3) is 0 Å². The first-order chi connectivity index (χ1) is 27.6. The third-order valence-corrected chi connectivity index (χ3v) is 8.19. The van der Waals surface area contributed by atoms with E-state index in [2.05, 4.69) is 20.9 Å². The van der Waals surface area contributed by atoms with Crippen LogP contribution in [0.15, 0.2) is 17.1 Å². The quantitative estimate of drug-likeness (QED) is 0.128. The van der Waals surface area contributed by atoms with E-state index in [0.717, 1.165) is 66.2 Å². The third-order valence-electron chi connectivity index (χ3n) is 8.19. The number of hydrogen-bond donors (Lipinski definition) is 3. The Morgan fingerprint density at radius 1 is 0.661 bits per heavy atom. The Balaban J connectivity index is 2.32. The van der Waals surface area contributed by atoms with E-state index in [4.69, 9.17) is 42.6 Å². The normalized spacial score (nSPS) is 26.7. The van der Waals surface area contributed by atoms with Crippen molar-refractivity contribution in [2.24, 2.45) is 0 Å². The highest BCUT2D eigenvalue weighted by Gasteiger charge is 2.57. The van der Waals surface area contributed by atoms with Gasteiger partial charge in [-0.25, -0.2) is 4.79 Å². The van der Waals surface area contributed by atoms with Crippen LogP contribution in [0, 0.1) is 0 Å². The number of aromatic nitrogens is 2. The molecule has 1 aromatic heterocycles. The van der Waals surface area contributed by atoms with Gasteiger partial charge in [0.25, 0.3) is 0 Å². The van der Waals surface area contributed by atoms with Gasteiger partial charge < -0.3 is 58.6 Å². The van der Waals surface area contributed by atoms with Crippen LogP contribution in [0.3, 0.4) is 0 Å². The van der Waals surface area contributed by atoms with Gasteiger partial charge in [-0.05, 0) is 6.07 Å². The molecular formula is C35H47N5O19. The maximum absolute atomic E-state index is 13.5. The first-order valence-electron chi connectivity index (χ1n) is 17.9. The molecule has 0 spiro atoms. The lowest BCUT2D eigenvalue weighted by molar-refractivity contribution is -0.320. The SMILES string of the molecule is CC(=O)Nc1ccn([C@@H]2O[C@H](C(COC(C)=O)O[C@@H]3O[C@H](COC(C)=O)[C@@H](OC(C)=O)[C@H](NC(C)=O)[C@H]3OC(C)=O)[C@@H](NC(C)=O)[C@H](OC(C)=O)[C@H]2OC(C)=O)c(=O)n1. The van der Waals surface area contributed by atoms with Crippen LogP contribution < -0.4 is 21.6 Å². The van der Waals surface area contributed by atoms with Crippen molar-refractivity contribution < 1.29 is 85.8 Å². The third kappa shape index (κ3) is 13.8. The molecule has 2 aliphatic heterocycles. The van der Waals surface area contributed by atoms with E-state index in [1.54, 1.807) is 0 Å². The van der Waals surface area contributed by atoms with E-state index >= 15 is 0 Å². The maximum Gasteiger partial charge on any atom is 0.351 e. The molecular weight excluding hydrogens is 794 g/mol. The summed E-state index contributed by atoms with van der Waals surface area (Å²) in [6, 6.07) is -1.84. The largest absolute Gasteiger partial charge is 0.463 e. The molecule has 2 fully saturated rings. The summed E-state index contributed by atoms with van der Waals surface area (Å²) >= 11 is 0. The summed E-state index contributed by atoms with van der Waals surface area (Å²) in [5, 5.41) is 7.44. The number of carbonyl (C=O) groups is 9.